The van der Waals surface area contributed by atoms with Crippen LogP contribution in [0.3, 0.4) is 0 Å². The van der Waals surface area contributed by atoms with Crippen LogP contribution >= 0.6 is 0 Å². The van der Waals surface area contributed by atoms with Gasteiger partial charge in [0, 0.05) is 44.1 Å². The predicted molar refractivity (Wildman–Crippen MR) is 102 cm³/mol. The Morgan fingerprint density at radius 2 is 2.08 bits per heavy atom. The van der Waals surface area contributed by atoms with Gasteiger partial charge in [0.1, 0.15) is 0 Å². The minimum absolute atomic E-state index is 0.188. The number of amides is 1. The van der Waals surface area contributed by atoms with E-state index in [2.05, 4.69) is 22.5 Å². The summed E-state index contributed by atoms with van der Waals surface area (Å²) in [7, 11) is 0. The molecule has 2 aromatic rings. The van der Waals surface area contributed by atoms with Crippen LogP contribution in [0.4, 0.5) is 0 Å². The maximum atomic E-state index is 13.0. The molecule has 1 atom stereocenters. The fraction of sp³-hybridized carbons (Fsp3) is 0.524. The number of hydrogen-bond donors (Lipinski definition) is 1. The number of aromatic nitrogens is 2. The summed E-state index contributed by atoms with van der Waals surface area (Å²) in [5.74, 6) is 1.34. The van der Waals surface area contributed by atoms with Crippen LogP contribution < -0.4 is 5.32 Å². The van der Waals surface area contributed by atoms with Crippen LogP contribution in [0.2, 0.25) is 0 Å². The van der Waals surface area contributed by atoms with E-state index in [4.69, 9.17) is 0 Å². The van der Waals surface area contributed by atoms with E-state index in [9.17, 15) is 4.79 Å². The summed E-state index contributed by atoms with van der Waals surface area (Å²) in [6, 6.07) is 10.3. The van der Waals surface area contributed by atoms with Gasteiger partial charge in [-0.3, -0.25) is 9.48 Å². The largest absolute Gasteiger partial charge is 0.339 e. The Morgan fingerprint density at radius 3 is 2.81 bits per heavy atom. The van der Waals surface area contributed by atoms with Crippen LogP contribution in [0.1, 0.15) is 47.5 Å². The molecule has 2 saturated heterocycles. The molecule has 0 unspecified atom stereocenters. The van der Waals surface area contributed by atoms with Crippen LogP contribution in [0.5, 0.6) is 0 Å². The van der Waals surface area contributed by atoms with E-state index in [-0.39, 0.29) is 5.91 Å². The fourth-order valence-corrected chi connectivity index (χ4v) is 4.24. The molecule has 5 heteroatoms. The van der Waals surface area contributed by atoms with Gasteiger partial charge in [-0.25, -0.2) is 0 Å². The standard InChI is InChI=1S/C21H28N4O/c26-21(19-5-1-4-18(14-19)20-6-2-9-22-15-20)24-12-7-17(8-13-24)16-25-11-3-10-23-25/h1,3-5,10-11,14,17,20,22H,2,6-9,12-13,15-16H2/t20-/m1/s1. The number of benzene rings is 1. The molecule has 5 nitrogen and oxygen atoms in total. The molecule has 1 aromatic carbocycles. The van der Waals surface area contributed by atoms with Crippen molar-refractivity contribution in [3.63, 3.8) is 0 Å². The number of nitrogens with one attached hydrogen (secondary N) is 1. The molecule has 26 heavy (non-hydrogen) atoms. The van der Waals surface area contributed by atoms with E-state index in [0.717, 1.165) is 51.1 Å². The topological polar surface area (TPSA) is 50.2 Å². The molecular weight excluding hydrogens is 324 g/mol. The Kier molecular flexibility index (Phi) is 5.34. The van der Waals surface area contributed by atoms with Crippen molar-refractivity contribution in [1.82, 2.24) is 20.0 Å². The number of nitrogens with zero attached hydrogens (tertiary/aromatic N) is 3. The van der Waals surface area contributed by atoms with E-state index in [1.807, 2.05) is 40.2 Å². The van der Waals surface area contributed by atoms with Crippen molar-refractivity contribution in [2.24, 2.45) is 5.92 Å². The molecule has 0 saturated carbocycles. The number of carbonyl (C=O) groups is 1. The summed E-state index contributed by atoms with van der Waals surface area (Å²) in [6.07, 6.45) is 8.38. The Balaban J connectivity index is 1.36. The zero-order valence-electron chi connectivity index (χ0n) is 15.3. The second-order valence-electron chi connectivity index (χ2n) is 7.63. The molecular formula is C21H28N4O. The lowest BCUT2D eigenvalue weighted by molar-refractivity contribution is 0.0681. The highest BCUT2D eigenvalue weighted by Crippen LogP contribution is 2.25. The first-order valence-electron chi connectivity index (χ1n) is 9.87. The van der Waals surface area contributed by atoms with Crippen LogP contribution in [-0.2, 0) is 6.54 Å². The maximum absolute atomic E-state index is 13.0. The van der Waals surface area contributed by atoms with Crippen LogP contribution in [0.15, 0.2) is 42.7 Å². The molecule has 4 rings (SSSR count). The average molecular weight is 352 g/mol. The molecule has 1 amide bonds. The minimum Gasteiger partial charge on any atom is -0.339 e. The quantitative estimate of drug-likeness (QED) is 0.920. The Bertz CT molecular complexity index is 713. The van der Waals surface area contributed by atoms with Gasteiger partial charge in [-0.15, -0.1) is 0 Å². The summed E-state index contributed by atoms with van der Waals surface area (Å²) in [5, 5.41) is 7.76. The van der Waals surface area contributed by atoms with Gasteiger partial charge < -0.3 is 10.2 Å². The summed E-state index contributed by atoms with van der Waals surface area (Å²) in [4.78, 5) is 15.0. The van der Waals surface area contributed by atoms with Gasteiger partial charge in [0.05, 0.1) is 0 Å². The number of hydrogen-bond acceptors (Lipinski definition) is 3. The average Bonchev–Trinajstić information content (AvgIpc) is 3.22. The summed E-state index contributed by atoms with van der Waals surface area (Å²) < 4.78 is 2.00. The summed E-state index contributed by atoms with van der Waals surface area (Å²) >= 11 is 0. The lowest BCUT2D eigenvalue weighted by Crippen LogP contribution is -2.39. The van der Waals surface area contributed by atoms with Gasteiger partial charge in [0.2, 0.25) is 0 Å². The minimum atomic E-state index is 0.188. The monoisotopic (exact) mass is 352 g/mol. The molecule has 1 aromatic heterocycles. The van der Waals surface area contributed by atoms with Crippen molar-refractivity contribution < 1.29 is 4.79 Å². The van der Waals surface area contributed by atoms with Crippen LogP contribution in [0, 0.1) is 5.92 Å². The predicted octanol–water partition coefficient (Wildman–Crippen LogP) is 2.90. The van der Waals surface area contributed by atoms with Gasteiger partial charge in [0.15, 0.2) is 0 Å². The molecule has 0 spiro atoms. The number of carbonyl (C=O) groups excluding carboxylic acids is 1. The van der Waals surface area contributed by atoms with Gasteiger partial charge in [-0.2, -0.15) is 5.10 Å². The fourth-order valence-electron chi connectivity index (χ4n) is 4.24. The number of piperidine rings is 2. The first-order valence-corrected chi connectivity index (χ1v) is 9.87. The molecule has 0 radical (unpaired) electrons. The zero-order chi connectivity index (χ0) is 17.8. The Hall–Kier alpha value is -2.14. The third-order valence-corrected chi connectivity index (χ3v) is 5.81. The van der Waals surface area contributed by atoms with Gasteiger partial charge in [-0.1, -0.05) is 12.1 Å². The summed E-state index contributed by atoms with van der Waals surface area (Å²) in [5.41, 5.74) is 2.15. The van der Waals surface area contributed by atoms with Crippen molar-refractivity contribution in [3.05, 3.63) is 53.9 Å². The molecule has 2 aliphatic heterocycles. The van der Waals surface area contributed by atoms with E-state index in [1.165, 1.54) is 18.4 Å². The second-order valence-corrected chi connectivity index (χ2v) is 7.63. The summed E-state index contributed by atoms with van der Waals surface area (Å²) in [6.45, 7) is 4.79. The molecule has 1 N–H and O–H groups in total. The number of likely N-dealkylation sites (tertiary alicyclic amines) is 1. The van der Waals surface area contributed by atoms with Crippen molar-refractivity contribution >= 4 is 5.91 Å². The molecule has 2 fully saturated rings. The molecule has 138 valence electrons. The smallest absolute Gasteiger partial charge is 0.253 e. The van der Waals surface area contributed by atoms with E-state index in [1.54, 1.807) is 0 Å². The second kappa shape index (κ2) is 8.04. The van der Waals surface area contributed by atoms with Gasteiger partial charge in [0.25, 0.3) is 5.91 Å². The van der Waals surface area contributed by atoms with Crippen molar-refractivity contribution in [3.8, 4) is 0 Å². The molecule has 0 aliphatic carbocycles. The highest BCUT2D eigenvalue weighted by Gasteiger charge is 2.24. The molecule has 2 aliphatic rings. The van der Waals surface area contributed by atoms with E-state index >= 15 is 0 Å². The lowest BCUT2D eigenvalue weighted by atomic mass is 9.90. The molecule has 3 heterocycles. The lowest BCUT2D eigenvalue weighted by Gasteiger charge is -2.32. The first kappa shape index (κ1) is 17.3. The Labute approximate surface area is 155 Å². The van der Waals surface area contributed by atoms with Crippen LogP contribution in [0.25, 0.3) is 0 Å². The maximum Gasteiger partial charge on any atom is 0.253 e. The third kappa shape index (κ3) is 3.98. The highest BCUT2D eigenvalue weighted by molar-refractivity contribution is 5.94. The van der Waals surface area contributed by atoms with E-state index in [0.29, 0.717) is 11.8 Å². The Morgan fingerprint density at radius 1 is 1.19 bits per heavy atom. The normalized spacial score (nSPS) is 21.7. The van der Waals surface area contributed by atoms with E-state index < -0.39 is 0 Å². The van der Waals surface area contributed by atoms with Crippen molar-refractivity contribution in [2.45, 2.75) is 38.1 Å². The highest BCUT2D eigenvalue weighted by atomic mass is 16.2. The SMILES string of the molecule is O=C(c1cccc([C@@H]2CCCNC2)c1)N1CCC(Cn2cccn2)CC1. The van der Waals surface area contributed by atoms with Gasteiger partial charge in [-0.05, 0) is 67.8 Å². The van der Waals surface area contributed by atoms with Crippen molar-refractivity contribution in [2.75, 3.05) is 26.2 Å². The van der Waals surface area contributed by atoms with Crippen LogP contribution in [-0.4, -0.2) is 46.8 Å². The first-order chi connectivity index (χ1) is 12.8. The zero-order valence-corrected chi connectivity index (χ0v) is 15.3. The number of rotatable bonds is 4. The third-order valence-electron chi connectivity index (χ3n) is 5.81. The van der Waals surface area contributed by atoms with Crippen molar-refractivity contribution in [1.29, 1.82) is 0 Å². The molecule has 0 bridgehead atoms. The van der Waals surface area contributed by atoms with Gasteiger partial charge >= 0.3 is 0 Å².